The zero-order valence-corrected chi connectivity index (χ0v) is 17.7. The van der Waals surface area contributed by atoms with E-state index < -0.39 is 5.41 Å². The molecular weight excluding hydrogens is 364 g/mol. The van der Waals surface area contributed by atoms with Gasteiger partial charge in [-0.25, -0.2) is 0 Å². The summed E-state index contributed by atoms with van der Waals surface area (Å²) in [5.41, 5.74) is 0.846. The van der Waals surface area contributed by atoms with Crippen LogP contribution in [0.25, 0.3) is 0 Å². The predicted molar refractivity (Wildman–Crippen MR) is 113 cm³/mol. The maximum atomic E-state index is 13.4. The fraction of sp³-hybridized carbons (Fsp3) is 0.667. The molecule has 1 aliphatic carbocycles. The van der Waals surface area contributed by atoms with E-state index in [1.165, 1.54) is 32.1 Å². The second-order valence-corrected chi connectivity index (χ2v) is 9.47. The van der Waals surface area contributed by atoms with Gasteiger partial charge in [-0.05, 0) is 56.2 Å². The van der Waals surface area contributed by atoms with Gasteiger partial charge in [0.25, 0.3) is 5.91 Å². The van der Waals surface area contributed by atoms with Gasteiger partial charge in [0.2, 0.25) is 5.91 Å². The molecule has 1 spiro atoms. The number of rotatable bonds is 4. The minimum absolute atomic E-state index is 0.0278. The molecule has 5 heteroatoms. The van der Waals surface area contributed by atoms with Crippen LogP contribution in [0.15, 0.2) is 18.2 Å². The van der Waals surface area contributed by atoms with Gasteiger partial charge in [0.1, 0.15) is 5.75 Å². The van der Waals surface area contributed by atoms with Crippen molar-refractivity contribution < 1.29 is 14.7 Å². The van der Waals surface area contributed by atoms with Crippen molar-refractivity contribution in [1.82, 2.24) is 9.80 Å². The van der Waals surface area contributed by atoms with Crippen LogP contribution in [-0.4, -0.2) is 52.9 Å². The van der Waals surface area contributed by atoms with Crippen LogP contribution in [-0.2, 0) is 4.79 Å². The lowest BCUT2D eigenvalue weighted by molar-refractivity contribution is -0.145. The molecule has 0 bridgehead atoms. The molecule has 1 unspecified atom stereocenters. The van der Waals surface area contributed by atoms with Crippen molar-refractivity contribution >= 4 is 11.8 Å². The molecule has 158 valence electrons. The molecule has 5 nitrogen and oxygen atoms in total. The Balaban J connectivity index is 1.40. The van der Waals surface area contributed by atoms with Crippen LogP contribution in [0.5, 0.6) is 5.75 Å². The lowest BCUT2D eigenvalue weighted by Gasteiger charge is -2.40. The Hall–Kier alpha value is -2.04. The number of hydrogen-bond donors (Lipinski definition) is 1. The van der Waals surface area contributed by atoms with Crippen LogP contribution in [0, 0.1) is 18.3 Å². The number of piperidine rings is 1. The van der Waals surface area contributed by atoms with E-state index in [-0.39, 0.29) is 17.6 Å². The molecule has 0 aromatic heterocycles. The molecule has 2 saturated heterocycles. The Morgan fingerprint density at radius 1 is 1.14 bits per heavy atom. The summed E-state index contributed by atoms with van der Waals surface area (Å²) < 4.78 is 0. The standard InChI is InChI=1S/C24H34N2O3/c1-18-8-9-20(21(27)16-18)22(28)26-15-12-24(17-26)11-5-13-25(23(24)29)14-10-19-6-3-2-4-7-19/h8-9,16,19,27H,2-7,10-15,17H2,1H3. The molecule has 1 aromatic rings. The van der Waals surface area contributed by atoms with E-state index in [0.29, 0.717) is 18.7 Å². The Kier molecular flexibility index (Phi) is 5.84. The number of aromatic hydroxyl groups is 1. The van der Waals surface area contributed by atoms with Crippen LogP contribution in [0.3, 0.4) is 0 Å². The zero-order valence-electron chi connectivity index (χ0n) is 17.7. The summed E-state index contributed by atoms with van der Waals surface area (Å²) in [5.74, 6) is 0.898. The molecule has 29 heavy (non-hydrogen) atoms. The van der Waals surface area contributed by atoms with Crippen molar-refractivity contribution in [2.75, 3.05) is 26.2 Å². The van der Waals surface area contributed by atoms with E-state index in [4.69, 9.17) is 0 Å². The number of aryl methyl sites for hydroxylation is 1. The van der Waals surface area contributed by atoms with Gasteiger partial charge in [0, 0.05) is 26.2 Å². The molecule has 1 atom stereocenters. The fourth-order valence-electron chi connectivity index (χ4n) is 5.60. The first-order valence-electron chi connectivity index (χ1n) is 11.4. The third kappa shape index (κ3) is 4.15. The monoisotopic (exact) mass is 398 g/mol. The Bertz CT molecular complexity index is 771. The second-order valence-electron chi connectivity index (χ2n) is 9.47. The minimum Gasteiger partial charge on any atom is -0.507 e. The summed E-state index contributed by atoms with van der Waals surface area (Å²) in [4.78, 5) is 30.2. The number of carbonyl (C=O) groups excluding carboxylic acids is 2. The van der Waals surface area contributed by atoms with Crippen molar-refractivity contribution in [2.24, 2.45) is 11.3 Å². The average molecular weight is 399 g/mol. The first-order chi connectivity index (χ1) is 14.0. The maximum Gasteiger partial charge on any atom is 0.257 e. The highest BCUT2D eigenvalue weighted by Crippen LogP contribution is 2.41. The summed E-state index contributed by atoms with van der Waals surface area (Å²) in [6.07, 6.45) is 10.4. The predicted octanol–water partition coefficient (Wildman–Crippen LogP) is 4.13. The molecular formula is C24H34N2O3. The normalized spacial score (nSPS) is 25.8. The minimum atomic E-state index is -0.416. The van der Waals surface area contributed by atoms with Crippen LogP contribution in [0.4, 0.5) is 0 Å². The molecule has 3 fully saturated rings. The largest absolute Gasteiger partial charge is 0.507 e. The van der Waals surface area contributed by atoms with Gasteiger partial charge in [0.15, 0.2) is 0 Å². The number of hydrogen-bond acceptors (Lipinski definition) is 3. The van der Waals surface area contributed by atoms with Gasteiger partial charge >= 0.3 is 0 Å². The molecule has 2 heterocycles. The van der Waals surface area contributed by atoms with Gasteiger partial charge in [-0.15, -0.1) is 0 Å². The molecule has 4 rings (SSSR count). The van der Waals surface area contributed by atoms with Gasteiger partial charge in [-0.2, -0.15) is 0 Å². The summed E-state index contributed by atoms with van der Waals surface area (Å²) >= 11 is 0. The van der Waals surface area contributed by atoms with Crippen LogP contribution in [0.1, 0.15) is 73.7 Å². The van der Waals surface area contributed by atoms with E-state index in [0.717, 1.165) is 50.3 Å². The number of phenolic OH excluding ortho intramolecular Hbond substituents is 1. The van der Waals surface area contributed by atoms with Crippen LogP contribution in [0.2, 0.25) is 0 Å². The van der Waals surface area contributed by atoms with Gasteiger partial charge in [0.05, 0.1) is 11.0 Å². The fourth-order valence-corrected chi connectivity index (χ4v) is 5.60. The number of benzene rings is 1. The average Bonchev–Trinajstić information content (AvgIpc) is 3.15. The van der Waals surface area contributed by atoms with Crippen LogP contribution >= 0.6 is 0 Å². The van der Waals surface area contributed by atoms with E-state index in [1.54, 1.807) is 17.0 Å². The lowest BCUT2D eigenvalue weighted by Crippen LogP contribution is -2.50. The van der Waals surface area contributed by atoms with Crippen molar-refractivity contribution in [3.63, 3.8) is 0 Å². The van der Waals surface area contributed by atoms with E-state index >= 15 is 0 Å². The SMILES string of the molecule is Cc1ccc(C(=O)N2CCC3(CCCN(CCC4CCCCC4)C3=O)C2)c(O)c1. The maximum absolute atomic E-state index is 13.4. The number of phenols is 1. The second kappa shape index (κ2) is 8.37. The molecule has 1 aromatic carbocycles. The molecule has 0 radical (unpaired) electrons. The Morgan fingerprint density at radius 2 is 1.93 bits per heavy atom. The van der Waals surface area contributed by atoms with Crippen molar-refractivity contribution in [3.05, 3.63) is 29.3 Å². The van der Waals surface area contributed by atoms with Gasteiger partial charge in [-0.3, -0.25) is 9.59 Å². The number of nitrogens with zero attached hydrogens (tertiary/aromatic N) is 2. The Morgan fingerprint density at radius 3 is 2.69 bits per heavy atom. The molecule has 3 aliphatic rings. The smallest absolute Gasteiger partial charge is 0.257 e. The van der Waals surface area contributed by atoms with Crippen molar-refractivity contribution in [2.45, 2.75) is 64.7 Å². The Labute approximate surface area is 174 Å². The van der Waals surface area contributed by atoms with Gasteiger partial charge < -0.3 is 14.9 Å². The topological polar surface area (TPSA) is 60.9 Å². The molecule has 1 N–H and O–H groups in total. The summed E-state index contributed by atoms with van der Waals surface area (Å²) in [6.45, 7) is 4.70. The zero-order chi connectivity index (χ0) is 20.4. The van der Waals surface area contributed by atoms with E-state index in [2.05, 4.69) is 4.90 Å². The number of amides is 2. The first-order valence-corrected chi connectivity index (χ1v) is 11.4. The van der Waals surface area contributed by atoms with E-state index in [1.807, 2.05) is 13.0 Å². The highest BCUT2D eigenvalue weighted by Gasteiger charge is 2.49. The first kappa shape index (κ1) is 20.2. The van der Waals surface area contributed by atoms with Gasteiger partial charge in [-0.1, -0.05) is 38.2 Å². The van der Waals surface area contributed by atoms with Crippen LogP contribution < -0.4 is 0 Å². The number of carbonyl (C=O) groups is 2. The third-order valence-electron chi connectivity index (χ3n) is 7.38. The number of likely N-dealkylation sites (tertiary alicyclic amines) is 2. The highest BCUT2D eigenvalue weighted by molar-refractivity contribution is 5.98. The molecule has 2 amide bonds. The summed E-state index contributed by atoms with van der Waals surface area (Å²) in [5, 5.41) is 10.2. The quantitative estimate of drug-likeness (QED) is 0.830. The highest BCUT2D eigenvalue weighted by atomic mass is 16.3. The molecule has 2 aliphatic heterocycles. The summed E-state index contributed by atoms with van der Waals surface area (Å²) in [7, 11) is 0. The third-order valence-corrected chi connectivity index (χ3v) is 7.38. The van der Waals surface area contributed by atoms with Crippen molar-refractivity contribution in [1.29, 1.82) is 0 Å². The van der Waals surface area contributed by atoms with E-state index in [9.17, 15) is 14.7 Å². The molecule has 1 saturated carbocycles. The summed E-state index contributed by atoms with van der Waals surface area (Å²) in [6, 6.07) is 5.16. The lowest BCUT2D eigenvalue weighted by atomic mass is 9.78. The van der Waals surface area contributed by atoms with Crippen molar-refractivity contribution in [3.8, 4) is 5.75 Å².